The molecule has 0 atom stereocenters. The number of nitrogens with zero attached hydrogens (tertiary/aromatic N) is 2. The first kappa shape index (κ1) is 20.9. The third-order valence-corrected chi connectivity index (χ3v) is 5.74. The fourth-order valence-corrected chi connectivity index (χ4v) is 4.10. The van der Waals surface area contributed by atoms with E-state index in [1.165, 1.54) is 0 Å². The largest absolute Gasteiger partial charge is 0.507 e. The second kappa shape index (κ2) is 8.85. The van der Waals surface area contributed by atoms with Crippen LogP contribution in [0.2, 0.25) is 5.02 Å². The predicted molar refractivity (Wildman–Crippen MR) is 133 cm³/mol. The molecule has 1 N–H and O–H groups in total. The standard InChI is InChI=1S/C28H21ClN2O2/c1-33-23-15-13-22(14-16-23)31-27(20-10-6-3-7-11-20)26(19-8-4-2-5-9-19)30-28(31)24-18-21(29)12-17-25(24)32/h2-18,32H,1H3. The quantitative estimate of drug-likeness (QED) is 0.305. The number of methoxy groups -OCH3 is 1. The maximum absolute atomic E-state index is 10.8. The first-order valence-corrected chi connectivity index (χ1v) is 10.9. The highest BCUT2D eigenvalue weighted by molar-refractivity contribution is 6.31. The minimum Gasteiger partial charge on any atom is -0.507 e. The van der Waals surface area contributed by atoms with Crippen molar-refractivity contribution in [2.45, 2.75) is 0 Å². The molecular weight excluding hydrogens is 432 g/mol. The minimum atomic E-state index is 0.110. The molecule has 0 aliphatic carbocycles. The fraction of sp³-hybridized carbons (Fsp3) is 0.0357. The van der Waals surface area contributed by atoms with Crippen LogP contribution in [0.3, 0.4) is 0 Å². The van der Waals surface area contributed by atoms with Gasteiger partial charge < -0.3 is 9.84 Å². The van der Waals surface area contributed by atoms with Crippen LogP contribution in [-0.4, -0.2) is 21.8 Å². The molecule has 1 aromatic heterocycles. The van der Waals surface area contributed by atoms with E-state index in [4.69, 9.17) is 21.3 Å². The lowest BCUT2D eigenvalue weighted by atomic mass is 10.0. The van der Waals surface area contributed by atoms with Gasteiger partial charge in [0.25, 0.3) is 0 Å². The summed E-state index contributed by atoms with van der Waals surface area (Å²) in [5, 5.41) is 11.3. The van der Waals surface area contributed by atoms with Crippen LogP contribution in [0.4, 0.5) is 0 Å². The molecule has 0 unspecified atom stereocenters. The van der Waals surface area contributed by atoms with E-state index in [1.807, 2.05) is 72.8 Å². The van der Waals surface area contributed by atoms with Crippen LogP contribution in [0.15, 0.2) is 103 Å². The van der Waals surface area contributed by atoms with Gasteiger partial charge in [-0.25, -0.2) is 4.98 Å². The first-order valence-electron chi connectivity index (χ1n) is 10.5. The highest BCUT2D eigenvalue weighted by Gasteiger charge is 2.24. The third kappa shape index (κ3) is 3.97. The van der Waals surface area contributed by atoms with Gasteiger partial charge in [0.2, 0.25) is 0 Å². The Morgan fingerprint density at radius 1 is 0.788 bits per heavy atom. The molecule has 0 bridgehead atoms. The number of imidazole rings is 1. The Labute approximate surface area is 197 Å². The maximum Gasteiger partial charge on any atom is 0.149 e. The molecular formula is C28H21ClN2O2. The zero-order chi connectivity index (χ0) is 22.8. The molecule has 5 aromatic rings. The number of rotatable bonds is 5. The lowest BCUT2D eigenvalue weighted by molar-refractivity contribution is 0.415. The Kier molecular flexibility index (Phi) is 5.59. The summed E-state index contributed by atoms with van der Waals surface area (Å²) < 4.78 is 7.42. The van der Waals surface area contributed by atoms with E-state index in [0.717, 1.165) is 34.0 Å². The Bertz CT molecular complexity index is 1400. The minimum absolute atomic E-state index is 0.110. The number of ether oxygens (including phenoxy) is 1. The Hall–Kier alpha value is -4.02. The summed E-state index contributed by atoms with van der Waals surface area (Å²) in [4.78, 5) is 5.06. The van der Waals surface area contributed by atoms with Gasteiger partial charge in [0, 0.05) is 21.8 Å². The molecule has 0 aliphatic rings. The van der Waals surface area contributed by atoms with Crippen LogP contribution in [0.25, 0.3) is 39.6 Å². The van der Waals surface area contributed by atoms with Crippen molar-refractivity contribution in [3.8, 4) is 51.1 Å². The van der Waals surface area contributed by atoms with Crippen molar-refractivity contribution in [3.05, 3.63) is 108 Å². The van der Waals surface area contributed by atoms with Crippen LogP contribution in [-0.2, 0) is 0 Å². The van der Waals surface area contributed by atoms with Crippen LogP contribution in [0, 0.1) is 0 Å². The highest BCUT2D eigenvalue weighted by atomic mass is 35.5. The number of hydrogen-bond donors (Lipinski definition) is 1. The van der Waals surface area contributed by atoms with Gasteiger partial charge >= 0.3 is 0 Å². The van der Waals surface area contributed by atoms with E-state index in [2.05, 4.69) is 16.7 Å². The number of phenols is 1. The van der Waals surface area contributed by atoms with E-state index in [0.29, 0.717) is 16.4 Å². The third-order valence-electron chi connectivity index (χ3n) is 5.50. The van der Waals surface area contributed by atoms with Crippen molar-refractivity contribution in [1.29, 1.82) is 0 Å². The lowest BCUT2D eigenvalue weighted by Crippen LogP contribution is -2.00. The smallest absolute Gasteiger partial charge is 0.149 e. The topological polar surface area (TPSA) is 47.3 Å². The number of halogens is 1. The van der Waals surface area contributed by atoms with E-state index >= 15 is 0 Å². The summed E-state index contributed by atoms with van der Waals surface area (Å²) in [5.41, 5.74) is 5.16. The first-order chi connectivity index (χ1) is 16.2. The van der Waals surface area contributed by atoms with E-state index < -0.39 is 0 Å². The monoisotopic (exact) mass is 452 g/mol. The molecule has 0 amide bonds. The van der Waals surface area contributed by atoms with Crippen LogP contribution < -0.4 is 4.74 Å². The van der Waals surface area contributed by atoms with Crippen LogP contribution in [0.5, 0.6) is 11.5 Å². The molecule has 0 spiro atoms. The van der Waals surface area contributed by atoms with Gasteiger partial charge in [-0.3, -0.25) is 4.57 Å². The lowest BCUT2D eigenvalue weighted by Gasteiger charge is -2.15. The fourth-order valence-electron chi connectivity index (χ4n) is 3.93. The molecule has 0 saturated heterocycles. The van der Waals surface area contributed by atoms with Gasteiger partial charge in [-0.1, -0.05) is 72.3 Å². The summed E-state index contributed by atoms with van der Waals surface area (Å²) in [6, 6.07) is 32.9. The van der Waals surface area contributed by atoms with E-state index in [9.17, 15) is 5.11 Å². The van der Waals surface area contributed by atoms with Crippen molar-refractivity contribution < 1.29 is 9.84 Å². The number of phenolic OH excluding ortho intramolecular Hbond substituents is 1. The molecule has 0 radical (unpaired) electrons. The second-order valence-corrected chi connectivity index (χ2v) is 8.00. The summed E-state index contributed by atoms with van der Waals surface area (Å²) in [5.74, 6) is 1.46. The predicted octanol–water partition coefficient (Wildman–Crippen LogP) is 7.24. The molecule has 4 aromatic carbocycles. The molecule has 5 heteroatoms. The van der Waals surface area contributed by atoms with Gasteiger partial charge in [0.15, 0.2) is 0 Å². The van der Waals surface area contributed by atoms with Crippen LogP contribution in [0.1, 0.15) is 0 Å². The van der Waals surface area contributed by atoms with Gasteiger partial charge in [0.05, 0.1) is 24.1 Å². The number of aromatic hydroxyl groups is 1. The van der Waals surface area contributed by atoms with Crippen molar-refractivity contribution in [2.75, 3.05) is 7.11 Å². The Morgan fingerprint density at radius 2 is 1.42 bits per heavy atom. The number of benzene rings is 4. The zero-order valence-electron chi connectivity index (χ0n) is 17.9. The summed E-state index contributed by atoms with van der Waals surface area (Å²) in [6.07, 6.45) is 0. The van der Waals surface area contributed by atoms with Crippen molar-refractivity contribution in [2.24, 2.45) is 0 Å². The normalized spacial score (nSPS) is 10.8. The van der Waals surface area contributed by atoms with E-state index in [-0.39, 0.29) is 5.75 Å². The van der Waals surface area contributed by atoms with Gasteiger partial charge in [-0.2, -0.15) is 0 Å². The average molecular weight is 453 g/mol. The summed E-state index contributed by atoms with van der Waals surface area (Å²) >= 11 is 6.32. The summed E-state index contributed by atoms with van der Waals surface area (Å²) in [6.45, 7) is 0. The van der Waals surface area contributed by atoms with Gasteiger partial charge in [-0.05, 0) is 42.5 Å². The SMILES string of the molecule is COc1ccc(-n2c(-c3cc(Cl)ccc3O)nc(-c3ccccc3)c2-c2ccccc2)cc1. The Balaban J connectivity index is 1.89. The maximum atomic E-state index is 10.8. The molecule has 0 fully saturated rings. The number of hydrogen-bond acceptors (Lipinski definition) is 3. The van der Waals surface area contributed by atoms with Crippen LogP contribution >= 0.6 is 11.6 Å². The van der Waals surface area contributed by atoms with Crippen molar-refractivity contribution >= 4 is 11.6 Å². The van der Waals surface area contributed by atoms with Crippen molar-refractivity contribution in [1.82, 2.24) is 9.55 Å². The highest BCUT2D eigenvalue weighted by Crippen LogP contribution is 2.41. The molecule has 33 heavy (non-hydrogen) atoms. The average Bonchev–Trinajstić information content (AvgIpc) is 3.27. The molecule has 0 aliphatic heterocycles. The number of aromatic nitrogens is 2. The zero-order valence-corrected chi connectivity index (χ0v) is 18.7. The summed E-state index contributed by atoms with van der Waals surface area (Å²) in [7, 11) is 1.64. The molecule has 1 heterocycles. The molecule has 0 saturated carbocycles. The van der Waals surface area contributed by atoms with Gasteiger partial charge in [0.1, 0.15) is 17.3 Å². The molecule has 5 rings (SSSR count). The second-order valence-electron chi connectivity index (χ2n) is 7.56. The molecule has 162 valence electrons. The van der Waals surface area contributed by atoms with E-state index in [1.54, 1.807) is 25.3 Å². The Morgan fingerprint density at radius 3 is 2.06 bits per heavy atom. The van der Waals surface area contributed by atoms with Gasteiger partial charge in [-0.15, -0.1) is 0 Å². The molecule has 4 nitrogen and oxygen atoms in total. The van der Waals surface area contributed by atoms with Crippen molar-refractivity contribution in [3.63, 3.8) is 0 Å².